The van der Waals surface area contributed by atoms with Crippen molar-refractivity contribution < 1.29 is 0 Å². The molecule has 2 rings (SSSR count). The van der Waals surface area contributed by atoms with Gasteiger partial charge in [0, 0.05) is 6.54 Å². The Morgan fingerprint density at radius 1 is 1.06 bits per heavy atom. The van der Waals surface area contributed by atoms with Gasteiger partial charge in [-0.15, -0.1) is 0 Å². The Kier molecular flexibility index (Phi) is 5.06. The molecule has 0 radical (unpaired) electrons. The zero-order valence-electron chi connectivity index (χ0n) is 11.0. The summed E-state index contributed by atoms with van der Waals surface area (Å²) in [5.74, 6) is 0.918. The predicted molar refractivity (Wildman–Crippen MR) is 74.1 cm³/mol. The summed E-state index contributed by atoms with van der Waals surface area (Å²) in [5, 5.41) is 3.64. The van der Waals surface area contributed by atoms with E-state index in [2.05, 4.69) is 36.5 Å². The van der Waals surface area contributed by atoms with Gasteiger partial charge >= 0.3 is 0 Å². The molecule has 0 aromatic heterocycles. The van der Waals surface area contributed by atoms with Gasteiger partial charge in [0.05, 0.1) is 0 Å². The third kappa shape index (κ3) is 4.16. The van der Waals surface area contributed by atoms with Crippen molar-refractivity contribution in [2.24, 2.45) is 5.92 Å². The molecule has 0 spiro atoms. The average Bonchev–Trinajstić information content (AvgIpc) is 2.60. The van der Waals surface area contributed by atoms with Crippen LogP contribution in [0.1, 0.15) is 49.7 Å². The number of hydrogen-bond donors (Lipinski definition) is 1. The van der Waals surface area contributed by atoms with Crippen molar-refractivity contribution in [1.82, 2.24) is 5.32 Å². The standard InChI is InChI=1S/C16H25N/c1-14-8-6-7-11-16(14)13-17-12-15-9-4-2-3-5-10-15/h6-8,11,15,17H,2-5,9-10,12-13H2,1H3. The summed E-state index contributed by atoms with van der Waals surface area (Å²) in [7, 11) is 0. The molecule has 0 heterocycles. The van der Waals surface area contributed by atoms with Crippen LogP contribution in [0.4, 0.5) is 0 Å². The van der Waals surface area contributed by atoms with Crippen LogP contribution in [-0.2, 0) is 6.54 Å². The molecule has 1 aromatic rings. The maximum atomic E-state index is 3.64. The van der Waals surface area contributed by atoms with E-state index < -0.39 is 0 Å². The van der Waals surface area contributed by atoms with Crippen LogP contribution in [0.5, 0.6) is 0 Å². The Morgan fingerprint density at radius 3 is 2.47 bits per heavy atom. The van der Waals surface area contributed by atoms with Gasteiger partial charge in [0.25, 0.3) is 0 Å². The van der Waals surface area contributed by atoms with Crippen molar-refractivity contribution in [1.29, 1.82) is 0 Å². The van der Waals surface area contributed by atoms with Crippen molar-refractivity contribution >= 4 is 0 Å². The fraction of sp³-hybridized carbons (Fsp3) is 0.625. The molecule has 1 fully saturated rings. The Hall–Kier alpha value is -0.820. The van der Waals surface area contributed by atoms with Gasteiger partial charge in [-0.1, -0.05) is 49.9 Å². The lowest BCUT2D eigenvalue weighted by atomic mass is 10.0. The van der Waals surface area contributed by atoms with E-state index in [4.69, 9.17) is 0 Å². The molecule has 1 N–H and O–H groups in total. The summed E-state index contributed by atoms with van der Waals surface area (Å²) in [5.41, 5.74) is 2.85. The maximum absolute atomic E-state index is 3.64. The van der Waals surface area contributed by atoms with E-state index in [0.29, 0.717) is 0 Å². The van der Waals surface area contributed by atoms with E-state index in [1.54, 1.807) is 0 Å². The van der Waals surface area contributed by atoms with Crippen molar-refractivity contribution in [3.05, 3.63) is 35.4 Å². The number of aryl methyl sites for hydroxylation is 1. The summed E-state index contributed by atoms with van der Waals surface area (Å²) in [4.78, 5) is 0. The second kappa shape index (κ2) is 6.80. The summed E-state index contributed by atoms with van der Waals surface area (Å²) in [6, 6.07) is 8.68. The van der Waals surface area contributed by atoms with Crippen LogP contribution >= 0.6 is 0 Å². The third-order valence-corrected chi connectivity index (χ3v) is 3.98. The second-order valence-corrected chi connectivity index (χ2v) is 5.41. The minimum Gasteiger partial charge on any atom is -0.312 e. The van der Waals surface area contributed by atoms with Gasteiger partial charge in [-0.2, -0.15) is 0 Å². The number of nitrogens with one attached hydrogen (secondary N) is 1. The van der Waals surface area contributed by atoms with E-state index in [1.807, 2.05) is 0 Å². The summed E-state index contributed by atoms with van der Waals surface area (Å²) in [6.45, 7) is 4.43. The molecular formula is C16H25N. The van der Waals surface area contributed by atoms with E-state index in [0.717, 1.165) is 12.5 Å². The lowest BCUT2D eigenvalue weighted by molar-refractivity contribution is 0.425. The highest BCUT2D eigenvalue weighted by Gasteiger charge is 2.11. The molecule has 1 aliphatic rings. The molecule has 0 atom stereocenters. The summed E-state index contributed by atoms with van der Waals surface area (Å²) >= 11 is 0. The van der Waals surface area contributed by atoms with Gasteiger partial charge in [-0.3, -0.25) is 0 Å². The molecule has 0 bridgehead atoms. The SMILES string of the molecule is Cc1ccccc1CNCC1CCCCCC1. The Bertz CT molecular complexity index is 324. The third-order valence-electron chi connectivity index (χ3n) is 3.98. The van der Waals surface area contributed by atoms with Crippen molar-refractivity contribution in [3.8, 4) is 0 Å². The molecule has 1 heteroatoms. The highest BCUT2D eigenvalue weighted by atomic mass is 14.9. The van der Waals surface area contributed by atoms with Crippen LogP contribution in [0.3, 0.4) is 0 Å². The van der Waals surface area contributed by atoms with Crippen molar-refractivity contribution in [2.75, 3.05) is 6.54 Å². The van der Waals surface area contributed by atoms with Crippen molar-refractivity contribution in [3.63, 3.8) is 0 Å². The summed E-state index contributed by atoms with van der Waals surface area (Å²) in [6.07, 6.45) is 8.65. The molecule has 17 heavy (non-hydrogen) atoms. The first kappa shape index (κ1) is 12.6. The fourth-order valence-corrected chi connectivity index (χ4v) is 2.79. The number of benzene rings is 1. The Balaban J connectivity index is 1.73. The molecule has 1 aromatic carbocycles. The van der Waals surface area contributed by atoms with Crippen LogP contribution in [0.2, 0.25) is 0 Å². The highest BCUT2D eigenvalue weighted by Crippen LogP contribution is 2.22. The Morgan fingerprint density at radius 2 is 1.76 bits per heavy atom. The molecule has 0 unspecified atom stereocenters. The van der Waals surface area contributed by atoms with Gasteiger partial charge in [-0.05, 0) is 43.4 Å². The van der Waals surface area contributed by atoms with Crippen LogP contribution in [0.15, 0.2) is 24.3 Å². The van der Waals surface area contributed by atoms with Gasteiger partial charge in [0.15, 0.2) is 0 Å². The van der Waals surface area contributed by atoms with Gasteiger partial charge in [-0.25, -0.2) is 0 Å². The summed E-state index contributed by atoms with van der Waals surface area (Å²) < 4.78 is 0. The van der Waals surface area contributed by atoms with Crippen molar-refractivity contribution in [2.45, 2.75) is 52.0 Å². The fourth-order valence-electron chi connectivity index (χ4n) is 2.79. The quantitative estimate of drug-likeness (QED) is 0.771. The van der Waals surface area contributed by atoms with E-state index in [1.165, 1.54) is 56.2 Å². The number of hydrogen-bond acceptors (Lipinski definition) is 1. The molecule has 0 aliphatic heterocycles. The molecule has 94 valence electrons. The molecule has 1 nitrogen and oxygen atoms in total. The van der Waals surface area contributed by atoms with Crippen LogP contribution in [0, 0.1) is 12.8 Å². The molecular weight excluding hydrogens is 206 g/mol. The first-order valence-electron chi connectivity index (χ1n) is 7.11. The molecule has 1 saturated carbocycles. The van der Waals surface area contributed by atoms with E-state index in [9.17, 15) is 0 Å². The molecule has 0 amide bonds. The zero-order chi connectivity index (χ0) is 11.9. The van der Waals surface area contributed by atoms with Crippen LogP contribution < -0.4 is 5.32 Å². The van der Waals surface area contributed by atoms with E-state index in [-0.39, 0.29) is 0 Å². The minimum atomic E-state index is 0.918. The first-order valence-corrected chi connectivity index (χ1v) is 7.11. The second-order valence-electron chi connectivity index (χ2n) is 5.41. The van der Waals surface area contributed by atoms with Crippen LogP contribution in [-0.4, -0.2) is 6.54 Å². The first-order chi connectivity index (χ1) is 8.36. The van der Waals surface area contributed by atoms with Gasteiger partial charge in [0.2, 0.25) is 0 Å². The predicted octanol–water partition coefficient (Wildman–Crippen LogP) is 4.06. The lowest BCUT2D eigenvalue weighted by Gasteiger charge is -2.15. The molecule has 1 aliphatic carbocycles. The largest absolute Gasteiger partial charge is 0.312 e. The van der Waals surface area contributed by atoms with Gasteiger partial charge < -0.3 is 5.32 Å². The normalized spacial score (nSPS) is 17.9. The topological polar surface area (TPSA) is 12.0 Å². The average molecular weight is 231 g/mol. The smallest absolute Gasteiger partial charge is 0.0208 e. The maximum Gasteiger partial charge on any atom is 0.0208 e. The Labute approximate surface area is 106 Å². The monoisotopic (exact) mass is 231 g/mol. The minimum absolute atomic E-state index is 0.918. The van der Waals surface area contributed by atoms with Gasteiger partial charge in [0.1, 0.15) is 0 Å². The lowest BCUT2D eigenvalue weighted by Crippen LogP contribution is -2.22. The van der Waals surface area contributed by atoms with Crippen LogP contribution in [0.25, 0.3) is 0 Å². The molecule has 0 saturated heterocycles. The van der Waals surface area contributed by atoms with E-state index >= 15 is 0 Å². The number of rotatable bonds is 4. The zero-order valence-corrected chi connectivity index (χ0v) is 11.0. The highest BCUT2D eigenvalue weighted by molar-refractivity contribution is 5.25.